The van der Waals surface area contributed by atoms with Crippen LogP contribution in [0.4, 0.5) is 0 Å². The minimum absolute atomic E-state index is 0.0106. The van der Waals surface area contributed by atoms with Gasteiger partial charge in [-0.25, -0.2) is 0 Å². The molecule has 0 amide bonds. The minimum atomic E-state index is -0.126. The Kier molecular flexibility index (Phi) is 2.90. The zero-order chi connectivity index (χ0) is 8.43. The van der Waals surface area contributed by atoms with Gasteiger partial charge in [-0.1, -0.05) is 0 Å². The van der Waals surface area contributed by atoms with Crippen LogP contribution in [-0.4, -0.2) is 23.3 Å². The Labute approximate surface area is 74.9 Å². The Bertz CT molecular complexity index is 171. The second kappa shape index (κ2) is 3.55. The molecule has 0 N–H and O–H groups in total. The summed E-state index contributed by atoms with van der Waals surface area (Å²) in [5, 5.41) is 0. The lowest BCUT2D eigenvalue weighted by Crippen LogP contribution is -2.10. The minimum Gasteiger partial charge on any atom is -0.298 e. The lowest BCUT2D eigenvalue weighted by atomic mass is 10.2. The lowest BCUT2D eigenvalue weighted by molar-refractivity contribution is -0.122. The molecule has 2 atom stereocenters. The van der Waals surface area contributed by atoms with Crippen molar-refractivity contribution in [3.8, 4) is 0 Å². The van der Waals surface area contributed by atoms with Gasteiger partial charge in [0.05, 0.1) is 11.8 Å². The summed E-state index contributed by atoms with van der Waals surface area (Å²) in [6.45, 7) is 0. The third kappa shape index (κ3) is 1.94. The molecule has 0 aromatic carbocycles. The van der Waals surface area contributed by atoms with Gasteiger partial charge in [0, 0.05) is 11.8 Å². The normalized spacial score (nSPS) is 28.2. The fourth-order valence-electron chi connectivity index (χ4n) is 1.10. The molecule has 0 aliphatic heterocycles. The molecule has 62 valence electrons. The first kappa shape index (κ1) is 9.01. The van der Waals surface area contributed by atoms with Gasteiger partial charge >= 0.3 is 0 Å². The number of hydrogen-bond donors (Lipinski definition) is 0. The van der Waals surface area contributed by atoms with Crippen LogP contribution >= 0.6 is 23.2 Å². The van der Waals surface area contributed by atoms with Gasteiger partial charge in [0.25, 0.3) is 0 Å². The maximum Gasteiger partial charge on any atom is 0.151 e. The SMILES string of the molecule is O=C(CCl)[C@@H]1C[C@H]1C(=O)CCl. The molecule has 1 fully saturated rings. The molecule has 11 heavy (non-hydrogen) atoms. The number of Topliss-reactive ketones (excluding diaryl/α,β-unsaturated/α-hetero) is 2. The predicted octanol–water partition coefficient (Wildman–Crippen LogP) is 1.24. The lowest BCUT2D eigenvalue weighted by Gasteiger charge is -1.91. The van der Waals surface area contributed by atoms with Crippen LogP contribution < -0.4 is 0 Å². The Morgan fingerprint density at radius 2 is 1.45 bits per heavy atom. The first-order valence-electron chi connectivity index (χ1n) is 3.38. The van der Waals surface area contributed by atoms with Crippen molar-refractivity contribution in [2.45, 2.75) is 6.42 Å². The van der Waals surface area contributed by atoms with E-state index >= 15 is 0 Å². The molecule has 0 spiro atoms. The molecule has 0 saturated heterocycles. The van der Waals surface area contributed by atoms with E-state index in [9.17, 15) is 9.59 Å². The Hall–Kier alpha value is -0.0800. The summed E-state index contributed by atoms with van der Waals surface area (Å²) in [6.07, 6.45) is 0.650. The maximum absolute atomic E-state index is 10.9. The fraction of sp³-hybridized carbons (Fsp3) is 0.714. The average molecular weight is 195 g/mol. The molecule has 4 heteroatoms. The van der Waals surface area contributed by atoms with E-state index < -0.39 is 0 Å². The zero-order valence-corrected chi connectivity index (χ0v) is 7.36. The van der Waals surface area contributed by atoms with E-state index in [-0.39, 0.29) is 35.2 Å². The van der Waals surface area contributed by atoms with Crippen LogP contribution in [0.2, 0.25) is 0 Å². The number of hydrogen-bond acceptors (Lipinski definition) is 2. The van der Waals surface area contributed by atoms with Crippen LogP contribution in [0.5, 0.6) is 0 Å². The molecule has 1 aliphatic rings. The first-order chi connectivity index (χ1) is 5.20. The molecule has 0 aromatic rings. The monoisotopic (exact) mass is 194 g/mol. The van der Waals surface area contributed by atoms with Gasteiger partial charge in [-0.2, -0.15) is 0 Å². The smallest absolute Gasteiger partial charge is 0.151 e. The molecule has 0 bridgehead atoms. The van der Waals surface area contributed by atoms with Crippen molar-refractivity contribution in [3.63, 3.8) is 0 Å². The largest absolute Gasteiger partial charge is 0.298 e. The summed E-state index contributed by atoms with van der Waals surface area (Å²) in [4.78, 5) is 21.8. The zero-order valence-electron chi connectivity index (χ0n) is 5.85. The highest BCUT2D eigenvalue weighted by Crippen LogP contribution is 2.40. The van der Waals surface area contributed by atoms with Crippen molar-refractivity contribution >= 4 is 34.8 Å². The molecule has 0 unspecified atom stereocenters. The molecular weight excluding hydrogens is 187 g/mol. The topological polar surface area (TPSA) is 34.1 Å². The molecule has 2 nitrogen and oxygen atoms in total. The Balaban J connectivity index is 2.37. The third-order valence-corrected chi connectivity index (χ3v) is 2.41. The van der Waals surface area contributed by atoms with Gasteiger partial charge in [0.15, 0.2) is 11.6 Å². The molecular formula is C7H8Cl2O2. The number of halogens is 2. The maximum atomic E-state index is 10.9. The van der Waals surface area contributed by atoms with Crippen molar-refractivity contribution in [3.05, 3.63) is 0 Å². The summed E-state index contributed by atoms with van der Waals surface area (Å²) in [5.74, 6) is -0.296. The van der Waals surface area contributed by atoms with Gasteiger partial charge < -0.3 is 0 Å². The summed E-state index contributed by atoms with van der Waals surface area (Å²) >= 11 is 10.6. The standard InChI is InChI=1S/C7H8Cl2O2/c8-2-6(10)4-1-5(4)7(11)3-9/h4-5H,1-3H2/t4-,5-/m1/s1. The predicted molar refractivity (Wildman–Crippen MR) is 43.1 cm³/mol. The van der Waals surface area contributed by atoms with Crippen LogP contribution in [0.25, 0.3) is 0 Å². The second-order valence-electron chi connectivity index (χ2n) is 2.65. The Morgan fingerprint density at radius 3 is 1.73 bits per heavy atom. The van der Waals surface area contributed by atoms with Crippen LogP contribution in [-0.2, 0) is 9.59 Å². The van der Waals surface area contributed by atoms with E-state index in [2.05, 4.69) is 0 Å². The second-order valence-corrected chi connectivity index (χ2v) is 3.18. The number of rotatable bonds is 4. The Morgan fingerprint density at radius 1 is 1.09 bits per heavy atom. The van der Waals surface area contributed by atoms with E-state index in [0.717, 1.165) is 0 Å². The third-order valence-electron chi connectivity index (χ3n) is 1.88. The fourth-order valence-corrected chi connectivity index (χ4v) is 1.50. The van der Waals surface area contributed by atoms with Crippen molar-refractivity contribution < 1.29 is 9.59 Å². The van der Waals surface area contributed by atoms with Crippen LogP contribution in [0.15, 0.2) is 0 Å². The highest BCUT2D eigenvalue weighted by Gasteiger charge is 2.46. The summed E-state index contributed by atoms with van der Waals surface area (Å²) in [7, 11) is 0. The van der Waals surface area contributed by atoms with Gasteiger partial charge in [-0.15, -0.1) is 23.2 Å². The van der Waals surface area contributed by atoms with E-state index in [1.807, 2.05) is 0 Å². The first-order valence-corrected chi connectivity index (χ1v) is 4.45. The molecule has 0 heterocycles. The van der Waals surface area contributed by atoms with Crippen LogP contribution in [0, 0.1) is 11.8 Å². The van der Waals surface area contributed by atoms with Gasteiger partial charge in [-0.05, 0) is 6.42 Å². The summed E-state index contributed by atoms with van der Waals surface area (Å²) < 4.78 is 0. The van der Waals surface area contributed by atoms with Gasteiger partial charge in [0.2, 0.25) is 0 Å². The van der Waals surface area contributed by atoms with Crippen molar-refractivity contribution in [1.82, 2.24) is 0 Å². The number of alkyl halides is 2. The number of carbonyl (C=O) groups is 2. The highest BCUT2D eigenvalue weighted by atomic mass is 35.5. The molecule has 1 aliphatic carbocycles. The van der Waals surface area contributed by atoms with E-state index in [0.29, 0.717) is 6.42 Å². The van der Waals surface area contributed by atoms with Crippen molar-refractivity contribution in [2.24, 2.45) is 11.8 Å². The van der Waals surface area contributed by atoms with E-state index in [1.54, 1.807) is 0 Å². The highest BCUT2D eigenvalue weighted by molar-refractivity contribution is 6.30. The number of ketones is 2. The quantitative estimate of drug-likeness (QED) is 0.632. The molecule has 1 saturated carbocycles. The molecule has 0 radical (unpaired) electrons. The van der Waals surface area contributed by atoms with Crippen molar-refractivity contribution in [2.75, 3.05) is 11.8 Å². The van der Waals surface area contributed by atoms with Crippen LogP contribution in [0.3, 0.4) is 0 Å². The van der Waals surface area contributed by atoms with Crippen LogP contribution in [0.1, 0.15) is 6.42 Å². The van der Waals surface area contributed by atoms with E-state index in [4.69, 9.17) is 23.2 Å². The molecule has 1 rings (SSSR count). The average Bonchev–Trinajstić information content (AvgIpc) is 2.80. The molecule has 0 aromatic heterocycles. The van der Waals surface area contributed by atoms with E-state index in [1.165, 1.54) is 0 Å². The van der Waals surface area contributed by atoms with Gasteiger partial charge in [0.1, 0.15) is 0 Å². The van der Waals surface area contributed by atoms with Crippen molar-refractivity contribution in [1.29, 1.82) is 0 Å². The van der Waals surface area contributed by atoms with Gasteiger partial charge in [-0.3, -0.25) is 9.59 Å². The summed E-state index contributed by atoms with van der Waals surface area (Å²) in [5.41, 5.74) is 0. The summed E-state index contributed by atoms with van der Waals surface area (Å²) in [6, 6.07) is 0. The number of carbonyl (C=O) groups excluding carboxylic acids is 2.